The van der Waals surface area contributed by atoms with Crippen LogP contribution in [0.15, 0.2) is 54.1 Å². The quantitative estimate of drug-likeness (QED) is 0.508. The number of rotatable bonds is 4. The van der Waals surface area contributed by atoms with E-state index < -0.39 is 17.6 Å². The van der Waals surface area contributed by atoms with E-state index in [1.807, 2.05) is 24.3 Å². The maximum atomic E-state index is 13.3. The molecule has 1 aliphatic heterocycles. The van der Waals surface area contributed by atoms with Crippen LogP contribution in [0.5, 0.6) is 0 Å². The van der Waals surface area contributed by atoms with Gasteiger partial charge in [-0.15, -0.1) is 0 Å². The second kappa shape index (κ2) is 10.4. The highest BCUT2D eigenvalue weighted by molar-refractivity contribution is 5.95. The first kappa shape index (κ1) is 25.2. The highest BCUT2D eigenvalue weighted by Crippen LogP contribution is 2.38. The van der Waals surface area contributed by atoms with Crippen molar-refractivity contribution >= 4 is 35.6 Å². The number of nitrogens with zero attached hydrogens (tertiary/aromatic N) is 1. The summed E-state index contributed by atoms with van der Waals surface area (Å²) < 4.78 is 0. The Morgan fingerprint density at radius 3 is 1.94 bits per heavy atom. The van der Waals surface area contributed by atoms with Crippen LogP contribution < -0.4 is 10.6 Å². The molecule has 188 valence electrons. The highest BCUT2D eigenvalue weighted by atomic mass is 16.4. The van der Waals surface area contributed by atoms with Crippen LogP contribution in [0.2, 0.25) is 0 Å². The lowest BCUT2D eigenvalue weighted by atomic mass is 9.86. The summed E-state index contributed by atoms with van der Waals surface area (Å²) in [6.07, 6.45) is 4.39. The number of piperidine rings is 1. The van der Waals surface area contributed by atoms with E-state index >= 15 is 0 Å². The fourth-order valence-electron chi connectivity index (χ4n) is 4.72. The number of carboxylic acid groups (broad SMARTS) is 1. The van der Waals surface area contributed by atoms with Gasteiger partial charge in [0.1, 0.15) is 6.04 Å². The molecule has 7 nitrogen and oxygen atoms in total. The van der Waals surface area contributed by atoms with Crippen molar-refractivity contribution in [2.24, 2.45) is 5.41 Å². The normalized spacial score (nSPS) is 15.9. The van der Waals surface area contributed by atoms with Crippen LogP contribution in [0, 0.1) is 5.41 Å². The van der Waals surface area contributed by atoms with Crippen LogP contribution >= 0.6 is 0 Å². The zero-order valence-electron chi connectivity index (χ0n) is 21.0. The Balaban J connectivity index is 1.55. The Morgan fingerprint density at radius 2 is 1.44 bits per heavy atom. The maximum absolute atomic E-state index is 13.3. The van der Waals surface area contributed by atoms with E-state index in [0.717, 1.165) is 11.1 Å². The summed E-state index contributed by atoms with van der Waals surface area (Å²) in [5.74, 6) is -0.559. The number of carbonyl (C=O) groups excluding carboxylic acids is 2. The van der Waals surface area contributed by atoms with Gasteiger partial charge in [0.2, 0.25) is 11.8 Å². The van der Waals surface area contributed by atoms with Gasteiger partial charge >= 0.3 is 6.09 Å². The number of nitrogens with one attached hydrogen (secondary N) is 2. The first-order valence-corrected chi connectivity index (χ1v) is 12.3. The van der Waals surface area contributed by atoms with Gasteiger partial charge in [-0.3, -0.25) is 9.59 Å². The van der Waals surface area contributed by atoms with Gasteiger partial charge in [-0.1, -0.05) is 87.0 Å². The van der Waals surface area contributed by atoms with Crippen molar-refractivity contribution in [1.29, 1.82) is 0 Å². The SMILES string of the molecule is CC(C)(C)C(=O)NC[C@H](NC(=O)O)C(=O)N1CCC(=C2c3ccccc3C=Cc3ccccc32)CC1. The number of hydrogen-bond donors (Lipinski definition) is 3. The third-order valence-corrected chi connectivity index (χ3v) is 6.68. The molecule has 3 amide bonds. The summed E-state index contributed by atoms with van der Waals surface area (Å²) >= 11 is 0. The topological polar surface area (TPSA) is 98.7 Å². The Hall–Kier alpha value is -3.87. The zero-order valence-corrected chi connectivity index (χ0v) is 21.0. The minimum atomic E-state index is -1.29. The summed E-state index contributed by atoms with van der Waals surface area (Å²) in [6, 6.07) is 15.7. The van der Waals surface area contributed by atoms with Crippen LogP contribution in [0.4, 0.5) is 4.79 Å². The molecule has 0 bridgehead atoms. The molecule has 0 radical (unpaired) electrons. The third-order valence-electron chi connectivity index (χ3n) is 6.68. The molecule has 0 unspecified atom stereocenters. The summed E-state index contributed by atoms with van der Waals surface area (Å²) in [7, 11) is 0. The molecule has 2 aromatic carbocycles. The fraction of sp³-hybridized carbons (Fsp3) is 0.345. The van der Waals surface area contributed by atoms with Gasteiger partial charge < -0.3 is 20.6 Å². The summed E-state index contributed by atoms with van der Waals surface area (Å²) in [4.78, 5) is 38.6. The van der Waals surface area contributed by atoms with Crippen molar-refractivity contribution in [2.45, 2.75) is 39.7 Å². The van der Waals surface area contributed by atoms with E-state index in [1.165, 1.54) is 22.3 Å². The second-order valence-corrected chi connectivity index (χ2v) is 10.3. The van der Waals surface area contributed by atoms with Crippen LogP contribution in [-0.2, 0) is 9.59 Å². The minimum Gasteiger partial charge on any atom is -0.465 e. The van der Waals surface area contributed by atoms with Gasteiger partial charge in [0.05, 0.1) is 0 Å². The first-order valence-electron chi connectivity index (χ1n) is 12.3. The molecule has 36 heavy (non-hydrogen) atoms. The number of benzene rings is 2. The average molecular weight is 488 g/mol. The molecule has 7 heteroatoms. The van der Waals surface area contributed by atoms with Gasteiger partial charge in [0, 0.05) is 25.0 Å². The lowest BCUT2D eigenvalue weighted by Gasteiger charge is -2.33. The molecule has 0 saturated carbocycles. The standard InChI is InChI=1S/C29H33N3O4/c1-29(2,3)27(34)30-18-24(31-28(35)36)26(33)32-16-14-21(15-17-32)25-22-10-6-4-8-19(22)12-13-20-9-5-7-11-23(20)25/h4-13,24,31H,14-18H2,1-3H3,(H,30,34)(H,35,36)/t24-/m0/s1. The smallest absolute Gasteiger partial charge is 0.405 e. The van der Waals surface area contributed by atoms with Gasteiger partial charge in [-0.25, -0.2) is 4.79 Å². The summed E-state index contributed by atoms with van der Waals surface area (Å²) in [5, 5.41) is 14.3. The number of hydrogen-bond acceptors (Lipinski definition) is 3. The predicted octanol–water partition coefficient (Wildman–Crippen LogP) is 4.39. The maximum Gasteiger partial charge on any atom is 0.405 e. The van der Waals surface area contributed by atoms with E-state index in [-0.39, 0.29) is 18.4 Å². The number of carbonyl (C=O) groups is 3. The monoisotopic (exact) mass is 487 g/mol. The van der Waals surface area contributed by atoms with Gasteiger partial charge in [-0.05, 0) is 40.7 Å². The largest absolute Gasteiger partial charge is 0.465 e. The molecule has 1 heterocycles. The molecule has 1 saturated heterocycles. The van der Waals surface area contributed by atoms with E-state index in [0.29, 0.717) is 25.9 Å². The Kier molecular flexibility index (Phi) is 7.29. The zero-order chi connectivity index (χ0) is 25.9. The Labute approximate surface area is 211 Å². The summed E-state index contributed by atoms with van der Waals surface area (Å²) in [5.41, 5.74) is 6.56. The van der Waals surface area contributed by atoms with Crippen molar-refractivity contribution in [3.8, 4) is 0 Å². The van der Waals surface area contributed by atoms with E-state index in [1.54, 1.807) is 25.7 Å². The summed E-state index contributed by atoms with van der Waals surface area (Å²) in [6.45, 7) is 6.19. The van der Waals surface area contributed by atoms with Crippen molar-refractivity contribution in [1.82, 2.24) is 15.5 Å². The Morgan fingerprint density at radius 1 is 0.917 bits per heavy atom. The van der Waals surface area contributed by atoms with E-state index in [2.05, 4.69) is 47.1 Å². The lowest BCUT2D eigenvalue weighted by molar-refractivity contribution is -0.134. The molecular formula is C29H33N3O4. The van der Waals surface area contributed by atoms with Crippen molar-refractivity contribution in [2.75, 3.05) is 19.6 Å². The molecule has 1 atom stereocenters. The predicted molar refractivity (Wildman–Crippen MR) is 141 cm³/mol. The molecule has 4 rings (SSSR count). The van der Waals surface area contributed by atoms with Crippen molar-refractivity contribution in [3.63, 3.8) is 0 Å². The molecule has 1 aliphatic carbocycles. The first-order chi connectivity index (χ1) is 17.1. The number of fused-ring (bicyclic) bond motifs is 2. The fourth-order valence-corrected chi connectivity index (χ4v) is 4.72. The number of likely N-dealkylation sites (tertiary alicyclic amines) is 1. The lowest BCUT2D eigenvalue weighted by Crippen LogP contribution is -2.55. The third kappa shape index (κ3) is 5.51. The van der Waals surface area contributed by atoms with Gasteiger partial charge in [0.15, 0.2) is 0 Å². The van der Waals surface area contributed by atoms with Crippen LogP contribution in [0.3, 0.4) is 0 Å². The molecule has 0 spiro atoms. The van der Waals surface area contributed by atoms with Crippen molar-refractivity contribution in [3.05, 3.63) is 76.4 Å². The van der Waals surface area contributed by atoms with E-state index in [9.17, 15) is 19.5 Å². The van der Waals surface area contributed by atoms with Crippen LogP contribution in [-0.4, -0.2) is 53.6 Å². The minimum absolute atomic E-state index is 0.0852. The van der Waals surface area contributed by atoms with Crippen molar-refractivity contribution < 1.29 is 19.5 Å². The van der Waals surface area contributed by atoms with E-state index in [4.69, 9.17) is 0 Å². The molecule has 0 aromatic heterocycles. The molecule has 2 aliphatic rings. The molecule has 2 aromatic rings. The second-order valence-electron chi connectivity index (χ2n) is 10.3. The molecule has 3 N–H and O–H groups in total. The molecule has 1 fully saturated rings. The Bertz CT molecular complexity index is 1180. The van der Waals surface area contributed by atoms with Gasteiger partial charge in [0.25, 0.3) is 0 Å². The highest BCUT2D eigenvalue weighted by Gasteiger charge is 2.31. The average Bonchev–Trinajstić information content (AvgIpc) is 3.02. The van der Waals surface area contributed by atoms with Crippen LogP contribution in [0.25, 0.3) is 17.7 Å². The number of amides is 3. The molecular weight excluding hydrogens is 454 g/mol. The van der Waals surface area contributed by atoms with Crippen LogP contribution in [0.1, 0.15) is 55.9 Å². The van der Waals surface area contributed by atoms with Gasteiger partial charge in [-0.2, -0.15) is 0 Å².